The average Bonchev–Trinajstić information content (AvgIpc) is 3.39. The van der Waals surface area contributed by atoms with E-state index in [0.717, 1.165) is 10.5 Å². The van der Waals surface area contributed by atoms with E-state index in [1.807, 2.05) is 37.3 Å². The van der Waals surface area contributed by atoms with Crippen LogP contribution in [0, 0.1) is 17.0 Å². The molecule has 1 aliphatic heterocycles. The standard InChI is InChI=1S/C35H41N7O10S/c1-24-33(35(45)41(39(24)2)26-7-5-4-6-8-26)25-21-30(34(44)37-16-15-36-31-14-9-27(23-38-31)42(46)47)52-32(22-25)51-20-18-40(17-19-43)53(48,49)29-12-10-28(50-3)11-13-29/h4-14,21,23,25,32,43H,15-20,22H2,1-3H3,(H,36,38)(H,37,44)/t25-,32+/m1/s1. The van der Waals surface area contributed by atoms with Gasteiger partial charge in [0.05, 0.1) is 35.8 Å². The highest BCUT2D eigenvalue weighted by molar-refractivity contribution is 7.89. The van der Waals surface area contributed by atoms with Crippen LogP contribution in [-0.4, -0.2) is 95.8 Å². The zero-order valence-corrected chi connectivity index (χ0v) is 30.2. The Balaban J connectivity index is 1.33. The SMILES string of the molecule is COc1ccc(S(=O)(=O)N(CCO)CCO[C@@H]2C[C@H](c3c(C)n(C)n(-c4ccccc4)c3=O)C=C(C(=O)NCCNc3ccc([N+](=O)[O-])cn3)O2)cc1. The van der Waals surface area contributed by atoms with Crippen LogP contribution in [0.15, 0.2) is 94.5 Å². The summed E-state index contributed by atoms with van der Waals surface area (Å²) in [5.74, 6) is -0.420. The third-order valence-electron chi connectivity index (χ3n) is 8.62. The zero-order valence-electron chi connectivity index (χ0n) is 29.4. The van der Waals surface area contributed by atoms with Gasteiger partial charge >= 0.3 is 0 Å². The van der Waals surface area contributed by atoms with Gasteiger partial charge in [-0.1, -0.05) is 18.2 Å². The van der Waals surface area contributed by atoms with Gasteiger partial charge in [0.2, 0.25) is 16.3 Å². The number of pyridine rings is 1. The number of rotatable bonds is 17. The van der Waals surface area contributed by atoms with Gasteiger partial charge in [-0.15, -0.1) is 0 Å². The van der Waals surface area contributed by atoms with Gasteiger partial charge in [-0.25, -0.2) is 18.1 Å². The summed E-state index contributed by atoms with van der Waals surface area (Å²) in [7, 11) is -0.775. The molecule has 0 saturated carbocycles. The number of aliphatic hydroxyl groups excluding tert-OH is 1. The van der Waals surface area contributed by atoms with Gasteiger partial charge < -0.3 is 30.0 Å². The highest BCUT2D eigenvalue weighted by atomic mass is 32.2. The van der Waals surface area contributed by atoms with Gasteiger partial charge in [-0.05, 0) is 55.5 Å². The largest absolute Gasteiger partial charge is 0.497 e. The van der Waals surface area contributed by atoms with Gasteiger partial charge in [0.15, 0.2) is 5.76 Å². The molecular weight excluding hydrogens is 710 g/mol. The van der Waals surface area contributed by atoms with E-state index >= 15 is 0 Å². The predicted molar refractivity (Wildman–Crippen MR) is 193 cm³/mol. The number of aliphatic hydroxyl groups is 1. The van der Waals surface area contributed by atoms with E-state index in [0.29, 0.717) is 28.5 Å². The van der Waals surface area contributed by atoms with Crippen molar-refractivity contribution in [2.45, 2.75) is 30.4 Å². The Morgan fingerprint density at radius 1 is 1.11 bits per heavy atom. The number of anilines is 1. The Kier molecular flexibility index (Phi) is 12.6. The molecule has 3 N–H and O–H groups in total. The van der Waals surface area contributed by atoms with E-state index in [1.165, 1.54) is 48.2 Å². The van der Waals surface area contributed by atoms with Crippen molar-refractivity contribution in [3.63, 3.8) is 0 Å². The number of amides is 1. The second-order valence-corrected chi connectivity index (χ2v) is 13.8. The van der Waals surface area contributed by atoms with Gasteiger partial charge in [-0.2, -0.15) is 4.31 Å². The third-order valence-corrected chi connectivity index (χ3v) is 10.5. The van der Waals surface area contributed by atoms with E-state index in [9.17, 15) is 33.2 Å². The van der Waals surface area contributed by atoms with Crippen LogP contribution in [-0.2, 0) is 31.3 Å². The number of sulfonamides is 1. The molecule has 0 spiro atoms. The number of ether oxygens (including phenoxy) is 3. The Hall–Kier alpha value is -5.56. The van der Waals surface area contributed by atoms with Gasteiger partial charge in [0.25, 0.3) is 17.2 Å². The molecule has 0 saturated heterocycles. The number of para-hydroxylation sites is 1. The molecular formula is C35H41N7O10S. The van der Waals surface area contributed by atoms with E-state index in [-0.39, 0.29) is 61.1 Å². The molecule has 0 unspecified atom stereocenters. The number of nitrogens with zero attached hydrogens (tertiary/aromatic N) is 5. The van der Waals surface area contributed by atoms with Gasteiger partial charge in [0, 0.05) is 62.9 Å². The number of carbonyl (C=O) groups excluding carboxylic acids is 1. The predicted octanol–water partition coefficient (Wildman–Crippen LogP) is 2.44. The highest BCUT2D eigenvalue weighted by Crippen LogP contribution is 2.32. The molecule has 4 aromatic rings. The van der Waals surface area contributed by atoms with Crippen LogP contribution in [0.4, 0.5) is 11.5 Å². The van der Waals surface area contributed by atoms with Crippen molar-refractivity contribution >= 4 is 27.4 Å². The first-order valence-electron chi connectivity index (χ1n) is 16.7. The van der Waals surface area contributed by atoms with Crippen LogP contribution in [0.5, 0.6) is 5.75 Å². The quantitative estimate of drug-likeness (QED) is 0.0808. The molecule has 1 amide bonds. The number of carbonyl (C=O) groups is 1. The lowest BCUT2D eigenvalue weighted by molar-refractivity contribution is -0.385. The van der Waals surface area contributed by atoms with Crippen molar-refractivity contribution in [1.29, 1.82) is 0 Å². The Morgan fingerprint density at radius 2 is 1.85 bits per heavy atom. The summed E-state index contributed by atoms with van der Waals surface area (Å²) in [5.41, 5.74) is 1.33. The summed E-state index contributed by atoms with van der Waals surface area (Å²) in [4.78, 5) is 41.7. The summed E-state index contributed by atoms with van der Waals surface area (Å²) in [6.45, 7) is 1.25. The number of allylic oxidation sites excluding steroid dienone is 1. The molecule has 2 atom stereocenters. The molecule has 282 valence electrons. The van der Waals surface area contributed by atoms with Crippen molar-refractivity contribution in [3.05, 3.63) is 116 Å². The maximum absolute atomic E-state index is 13.9. The van der Waals surface area contributed by atoms with Crippen molar-refractivity contribution in [2.24, 2.45) is 7.05 Å². The second kappa shape index (κ2) is 17.3. The number of nitrogens with one attached hydrogen (secondary N) is 2. The van der Waals surface area contributed by atoms with E-state index in [2.05, 4.69) is 15.6 Å². The number of hydrogen-bond donors (Lipinski definition) is 3. The minimum atomic E-state index is -4.01. The Labute approximate surface area is 305 Å². The molecule has 2 aromatic heterocycles. The van der Waals surface area contributed by atoms with Crippen LogP contribution in [0.25, 0.3) is 5.69 Å². The van der Waals surface area contributed by atoms with Crippen LogP contribution in [0.3, 0.4) is 0 Å². The van der Waals surface area contributed by atoms with Crippen molar-refractivity contribution in [3.8, 4) is 11.4 Å². The van der Waals surface area contributed by atoms with Crippen LogP contribution >= 0.6 is 0 Å². The molecule has 1 aliphatic rings. The maximum Gasteiger partial charge on any atom is 0.287 e. The fourth-order valence-corrected chi connectivity index (χ4v) is 7.25. The lowest BCUT2D eigenvalue weighted by atomic mass is 9.93. The first-order valence-corrected chi connectivity index (χ1v) is 18.1. The summed E-state index contributed by atoms with van der Waals surface area (Å²) in [6, 6.07) is 17.8. The minimum Gasteiger partial charge on any atom is -0.497 e. The molecule has 2 aromatic carbocycles. The van der Waals surface area contributed by atoms with Crippen LogP contribution in [0.2, 0.25) is 0 Å². The molecule has 3 heterocycles. The van der Waals surface area contributed by atoms with Crippen molar-refractivity contribution < 1.29 is 37.5 Å². The zero-order chi connectivity index (χ0) is 38.1. The molecule has 5 rings (SSSR count). The van der Waals surface area contributed by atoms with Crippen molar-refractivity contribution in [1.82, 2.24) is 24.0 Å². The maximum atomic E-state index is 13.9. The molecule has 17 nitrogen and oxygen atoms in total. The van der Waals surface area contributed by atoms with E-state index in [4.69, 9.17) is 14.2 Å². The monoisotopic (exact) mass is 751 g/mol. The molecule has 53 heavy (non-hydrogen) atoms. The Morgan fingerprint density at radius 3 is 2.49 bits per heavy atom. The Bertz CT molecular complexity index is 2080. The van der Waals surface area contributed by atoms with Gasteiger partial charge in [0.1, 0.15) is 17.8 Å². The average molecular weight is 752 g/mol. The van der Waals surface area contributed by atoms with Crippen LogP contribution < -0.4 is 20.9 Å². The lowest BCUT2D eigenvalue weighted by Crippen LogP contribution is -2.38. The molecule has 0 aliphatic carbocycles. The van der Waals surface area contributed by atoms with Crippen molar-refractivity contribution in [2.75, 3.05) is 51.8 Å². The third kappa shape index (κ3) is 9.09. The second-order valence-electron chi connectivity index (χ2n) is 11.9. The number of hydrogen-bond acceptors (Lipinski definition) is 12. The number of nitro groups is 1. The van der Waals surface area contributed by atoms with Crippen LogP contribution in [0.1, 0.15) is 23.6 Å². The number of aromatic nitrogens is 3. The fourth-order valence-electron chi connectivity index (χ4n) is 5.83. The highest BCUT2D eigenvalue weighted by Gasteiger charge is 2.33. The molecule has 0 fully saturated rings. The number of methoxy groups -OCH3 is 1. The molecule has 0 radical (unpaired) electrons. The first-order chi connectivity index (χ1) is 25.4. The normalized spacial score (nSPS) is 15.8. The summed E-state index contributed by atoms with van der Waals surface area (Å²) in [6.07, 6.45) is 1.80. The summed E-state index contributed by atoms with van der Waals surface area (Å²) in [5, 5.41) is 26.3. The number of benzene rings is 2. The van der Waals surface area contributed by atoms with E-state index in [1.54, 1.807) is 17.8 Å². The first kappa shape index (κ1) is 38.7. The smallest absolute Gasteiger partial charge is 0.287 e. The summed E-state index contributed by atoms with van der Waals surface area (Å²) < 4.78 is 48.3. The molecule has 18 heteroatoms. The minimum absolute atomic E-state index is 0.00992. The lowest BCUT2D eigenvalue weighted by Gasteiger charge is -2.29. The molecule has 0 bridgehead atoms. The summed E-state index contributed by atoms with van der Waals surface area (Å²) >= 11 is 0. The topological polar surface area (TPSA) is 209 Å². The van der Waals surface area contributed by atoms with Gasteiger partial charge in [-0.3, -0.25) is 24.4 Å². The fraction of sp³-hybridized carbons (Fsp3) is 0.343. The van der Waals surface area contributed by atoms with E-state index < -0.39 is 39.7 Å².